The smallest absolute Gasteiger partial charge is 0.261 e. The van der Waals surface area contributed by atoms with Gasteiger partial charge in [0.15, 0.2) is 0 Å². The molecule has 0 saturated carbocycles. The highest BCUT2D eigenvalue weighted by Gasteiger charge is 2.07. The summed E-state index contributed by atoms with van der Waals surface area (Å²) < 4.78 is 14.0. The van der Waals surface area contributed by atoms with Gasteiger partial charge >= 0.3 is 0 Å². The van der Waals surface area contributed by atoms with Crippen LogP contribution in [0.25, 0.3) is 0 Å². The second-order valence-electron chi connectivity index (χ2n) is 4.00. The molecule has 0 aliphatic rings. The summed E-state index contributed by atoms with van der Waals surface area (Å²) in [6.45, 7) is 0.549. The number of hydrogen-bond donors (Lipinski definition) is 1. The van der Waals surface area contributed by atoms with E-state index in [2.05, 4.69) is 5.32 Å². The zero-order valence-corrected chi connectivity index (χ0v) is 13.0. The van der Waals surface area contributed by atoms with E-state index in [1.54, 1.807) is 36.0 Å². The van der Waals surface area contributed by atoms with Crippen LogP contribution in [0, 0.1) is 5.82 Å². The van der Waals surface area contributed by atoms with E-state index in [1.165, 1.54) is 17.4 Å². The Morgan fingerprint density at radius 3 is 2.80 bits per heavy atom. The van der Waals surface area contributed by atoms with Gasteiger partial charge in [0.25, 0.3) is 5.91 Å². The Hall–Kier alpha value is -1.04. The van der Waals surface area contributed by atoms with Crippen LogP contribution >= 0.6 is 34.7 Å². The molecule has 0 bridgehead atoms. The average Bonchev–Trinajstić information content (AvgIpc) is 2.87. The molecule has 0 fully saturated rings. The molecule has 1 N–H and O–H groups in total. The van der Waals surface area contributed by atoms with E-state index in [1.807, 2.05) is 6.07 Å². The van der Waals surface area contributed by atoms with Crippen molar-refractivity contribution >= 4 is 40.6 Å². The molecule has 2 aromatic rings. The first-order chi connectivity index (χ1) is 9.66. The number of thiophene rings is 1. The molecule has 20 heavy (non-hydrogen) atoms. The molecule has 0 radical (unpaired) electrons. The highest BCUT2D eigenvalue weighted by Crippen LogP contribution is 2.21. The maximum atomic E-state index is 13.4. The summed E-state index contributed by atoms with van der Waals surface area (Å²) in [6, 6.07) is 10.1. The molecule has 0 aliphatic heterocycles. The topological polar surface area (TPSA) is 29.1 Å². The lowest BCUT2D eigenvalue weighted by molar-refractivity contribution is 0.0960. The highest BCUT2D eigenvalue weighted by molar-refractivity contribution is 7.98. The zero-order valence-electron chi connectivity index (χ0n) is 10.6. The number of benzene rings is 1. The van der Waals surface area contributed by atoms with Crippen molar-refractivity contribution in [2.24, 2.45) is 0 Å². The Labute approximate surface area is 130 Å². The van der Waals surface area contributed by atoms with Gasteiger partial charge in [0, 0.05) is 18.1 Å². The van der Waals surface area contributed by atoms with Crippen LogP contribution in [0.15, 0.2) is 36.4 Å². The van der Waals surface area contributed by atoms with Crippen molar-refractivity contribution < 1.29 is 9.18 Å². The van der Waals surface area contributed by atoms with Gasteiger partial charge < -0.3 is 5.32 Å². The summed E-state index contributed by atoms with van der Waals surface area (Å²) in [5, 5.41) is 2.81. The van der Waals surface area contributed by atoms with Crippen molar-refractivity contribution in [1.82, 2.24) is 5.32 Å². The Balaban J connectivity index is 1.67. The van der Waals surface area contributed by atoms with Gasteiger partial charge in [-0.1, -0.05) is 29.8 Å². The van der Waals surface area contributed by atoms with E-state index in [4.69, 9.17) is 11.6 Å². The van der Waals surface area contributed by atoms with Gasteiger partial charge in [0.1, 0.15) is 5.82 Å². The van der Waals surface area contributed by atoms with Crippen LogP contribution in [-0.4, -0.2) is 18.2 Å². The van der Waals surface area contributed by atoms with Crippen molar-refractivity contribution in [2.45, 2.75) is 5.75 Å². The predicted octanol–water partition coefficient (Wildman–Crippen LogP) is 4.20. The van der Waals surface area contributed by atoms with Gasteiger partial charge in [-0.15, -0.1) is 11.3 Å². The predicted molar refractivity (Wildman–Crippen MR) is 84.2 cm³/mol. The monoisotopic (exact) mass is 329 g/mol. The number of hydrogen-bond acceptors (Lipinski definition) is 3. The third-order valence-electron chi connectivity index (χ3n) is 2.54. The minimum atomic E-state index is -0.183. The van der Waals surface area contributed by atoms with Crippen LogP contribution < -0.4 is 5.32 Å². The first kappa shape index (κ1) is 15.4. The molecule has 1 heterocycles. The van der Waals surface area contributed by atoms with Gasteiger partial charge in [0.2, 0.25) is 0 Å². The molecule has 1 amide bonds. The van der Waals surface area contributed by atoms with E-state index >= 15 is 0 Å². The Kier molecular flexibility index (Phi) is 5.88. The largest absolute Gasteiger partial charge is 0.351 e. The van der Waals surface area contributed by atoms with E-state index in [-0.39, 0.29) is 11.7 Å². The first-order valence-corrected chi connectivity index (χ1v) is 8.36. The van der Waals surface area contributed by atoms with Gasteiger partial charge in [0.05, 0.1) is 9.21 Å². The highest BCUT2D eigenvalue weighted by atomic mass is 35.5. The van der Waals surface area contributed by atoms with Crippen molar-refractivity contribution in [3.63, 3.8) is 0 Å². The summed E-state index contributed by atoms with van der Waals surface area (Å²) in [5.74, 6) is 1.04. The molecular formula is C14H13ClFNOS2. The van der Waals surface area contributed by atoms with E-state index in [9.17, 15) is 9.18 Å². The second kappa shape index (κ2) is 7.67. The lowest BCUT2D eigenvalue weighted by atomic mass is 10.2. The Morgan fingerprint density at radius 2 is 2.10 bits per heavy atom. The van der Waals surface area contributed by atoms with Crippen molar-refractivity contribution in [1.29, 1.82) is 0 Å². The molecule has 0 aliphatic carbocycles. The van der Waals surface area contributed by atoms with Crippen LogP contribution in [0.4, 0.5) is 4.39 Å². The molecule has 0 unspecified atom stereocenters. The molecule has 106 valence electrons. The molecule has 2 rings (SSSR count). The van der Waals surface area contributed by atoms with E-state index in [0.29, 0.717) is 27.1 Å². The third-order valence-corrected chi connectivity index (χ3v) is 4.78. The number of nitrogens with one attached hydrogen (secondary N) is 1. The van der Waals surface area contributed by atoms with Crippen molar-refractivity contribution in [3.8, 4) is 0 Å². The first-order valence-electron chi connectivity index (χ1n) is 6.01. The standard InChI is InChI=1S/C14H13ClFNOS2/c15-13-6-5-12(20-13)14(18)17-7-8-19-9-10-3-1-2-4-11(10)16/h1-6H,7-9H2,(H,17,18). The Morgan fingerprint density at radius 1 is 1.30 bits per heavy atom. The maximum absolute atomic E-state index is 13.4. The van der Waals surface area contributed by atoms with Crippen LogP contribution in [-0.2, 0) is 5.75 Å². The quantitative estimate of drug-likeness (QED) is 0.805. The fourth-order valence-corrected chi connectivity index (χ4v) is 3.36. The molecule has 1 aromatic heterocycles. The third kappa shape index (κ3) is 4.51. The minimum absolute atomic E-state index is 0.117. The van der Waals surface area contributed by atoms with Gasteiger partial charge in [-0.05, 0) is 23.8 Å². The molecule has 0 spiro atoms. The van der Waals surface area contributed by atoms with Crippen LogP contribution in [0.2, 0.25) is 4.34 Å². The molecule has 2 nitrogen and oxygen atoms in total. The number of halogens is 2. The van der Waals surface area contributed by atoms with Crippen LogP contribution in [0.1, 0.15) is 15.2 Å². The summed E-state index contributed by atoms with van der Waals surface area (Å²) in [5.41, 5.74) is 0.689. The number of carbonyl (C=O) groups excluding carboxylic acids is 1. The van der Waals surface area contributed by atoms with Gasteiger partial charge in [-0.2, -0.15) is 11.8 Å². The van der Waals surface area contributed by atoms with Crippen molar-refractivity contribution in [3.05, 3.63) is 57.0 Å². The number of carbonyl (C=O) groups is 1. The normalized spacial score (nSPS) is 10.5. The number of thioether (sulfide) groups is 1. The fourth-order valence-electron chi connectivity index (χ4n) is 1.56. The summed E-state index contributed by atoms with van der Waals surface area (Å²) in [4.78, 5) is 12.3. The van der Waals surface area contributed by atoms with E-state index in [0.717, 1.165) is 5.75 Å². The number of amides is 1. The van der Waals surface area contributed by atoms with Crippen LogP contribution in [0.5, 0.6) is 0 Å². The molecule has 6 heteroatoms. The molecule has 1 aromatic carbocycles. The molecular weight excluding hydrogens is 317 g/mol. The second-order valence-corrected chi connectivity index (χ2v) is 6.82. The van der Waals surface area contributed by atoms with Crippen LogP contribution in [0.3, 0.4) is 0 Å². The lowest BCUT2D eigenvalue weighted by Crippen LogP contribution is -2.24. The molecule has 0 saturated heterocycles. The summed E-state index contributed by atoms with van der Waals surface area (Å²) >= 11 is 8.61. The minimum Gasteiger partial charge on any atom is -0.351 e. The summed E-state index contributed by atoms with van der Waals surface area (Å²) in [7, 11) is 0. The number of rotatable bonds is 6. The maximum Gasteiger partial charge on any atom is 0.261 e. The zero-order chi connectivity index (χ0) is 14.4. The van der Waals surface area contributed by atoms with Gasteiger partial charge in [-0.3, -0.25) is 4.79 Å². The SMILES string of the molecule is O=C(NCCSCc1ccccc1F)c1ccc(Cl)s1. The summed E-state index contributed by atoms with van der Waals surface area (Å²) in [6.07, 6.45) is 0. The lowest BCUT2D eigenvalue weighted by Gasteiger charge is -2.04. The fraction of sp³-hybridized carbons (Fsp3) is 0.214. The van der Waals surface area contributed by atoms with Crippen molar-refractivity contribution in [2.75, 3.05) is 12.3 Å². The van der Waals surface area contributed by atoms with E-state index < -0.39 is 0 Å². The average molecular weight is 330 g/mol. The van der Waals surface area contributed by atoms with Gasteiger partial charge in [-0.25, -0.2) is 4.39 Å². The molecule has 0 atom stereocenters. The Bertz CT molecular complexity index is 588.